The summed E-state index contributed by atoms with van der Waals surface area (Å²) in [7, 11) is 0. The summed E-state index contributed by atoms with van der Waals surface area (Å²) >= 11 is 3.40. The predicted molar refractivity (Wildman–Crippen MR) is 81.8 cm³/mol. The quantitative estimate of drug-likeness (QED) is 0.904. The van der Waals surface area contributed by atoms with E-state index in [1.54, 1.807) is 0 Å². The maximum absolute atomic E-state index is 12.5. The molecule has 106 valence electrons. The Morgan fingerprint density at radius 3 is 2.45 bits per heavy atom. The lowest BCUT2D eigenvalue weighted by Crippen LogP contribution is -2.42. The minimum absolute atomic E-state index is 0.0808. The van der Waals surface area contributed by atoms with E-state index in [1.807, 2.05) is 31.2 Å². The Hall–Kier alpha value is -1.34. The molecular weight excluding hydrogens is 316 g/mol. The second-order valence-corrected chi connectivity index (χ2v) is 6.42. The number of carbonyl (C=O) groups is 1. The molecule has 0 saturated heterocycles. The van der Waals surface area contributed by atoms with Gasteiger partial charge in [0, 0.05) is 4.47 Å². The van der Waals surface area contributed by atoms with Crippen LogP contribution in [0.15, 0.2) is 28.7 Å². The summed E-state index contributed by atoms with van der Waals surface area (Å²) in [5.41, 5.74) is 0.229. The molecule has 0 bridgehead atoms. The van der Waals surface area contributed by atoms with Gasteiger partial charge in [0.2, 0.25) is 5.91 Å². The van der Waals surface area contributed by atoms with Crippen LogP contribution in [0.1, 0.15) is 50.6 Å². The van der Waals surface area contributed by atoms with Crippen LogP contribution in [0.5, 0.6) is 0 Å². The van der Waals surface area contributed by atoms with Gasteiger partial charge in [-0.3, -0.25) is 4.79 Å². The summed E-state index contributed by atoms with van der Waals surface area (Å²) in [6, 6.07) is 10.1. The molecule has 0 heterocycles. The summed E-state index contributed by atoms with van der Waals surface area (Å²) < 4.78 is 1.01. The maximum Gasteiger partial charge on any atom is 0.240 e. The fourth-order valence-corrected chi connectivity index (χ4v) is 2.98. The third kappa shape index (κ3) is 3.21. The standard InChI is InChI=1S/C16H19BrN2O/c1-12(13-5-7-14(17)8-6-13)19-15(20)16(11-18)9-3-2-4-10-16/h5-8,12H,2-4,9-10H2,1H3,(H,19,20)/t12-/m1/s1. The average molecular weight is 335 g/mol. The molecule has 0 radical (unpaired) electrons. The van der Waals surface area contributed by atoms with Crippen LogP contribution in [-0.2, 0) is 4.79 Å². The highest BCUT2D eigenvalue weighted by atomic mass is 79.9. The second-order valence-electron chi connectivity index (χ2n) is 5.50. The molecule has 1 amide bonds. The number of nitriles is 1. The summed E-state index contributed by atoms with van der Waals surface area (Å²) in [4.78, 5) is 12.5. The molecule has 0 unspecified atom stereocenters. The van der Waals surface area contributed by atoms with Crippen molar-refractivity contribution in [3.8, 4) is 6.07 Å². The number of hydrogen-bond donors (Lipinski definition) is 1. The minimum Gasteiger partial charge on any atom is -0.348 e. The lowest BCUT2D eigenvalue weighted by molar-refractivity contribution is -0.130. The Morgan fingerprint density at radius 2 is 1.90 bits per heavy atom. The summed E-state index contributed by atoms with van der Waals surface area (Å²) in [5, 5.41) is 12.4. The summed E-state index contributed by atoms with van der Waals surface area (Å²) in [5.74, 6) is -0.116. The lowest BCUT2D eigenvalue weighted by atomic mass is 9.74. The molecule has 3 nitrogen and oxygen atoms in total. The Bertz CT molecular complexity index is 512. The van der Waals surface area contributed by atoms with E-state index in [2.05, 4.69) is 27.3 Å². The van der Waals surface area contributed by atoms with E-state index in [1.165, 1.54) is 0 Å². The van der Waals surface area contributed by atoms with Crippen molar-refractivity contribution in [1.29, 1.82) is 5.26 Å². The molecule has 1 fully saturated rings. The van der Waals surface area contributed by atoms with Gasteiger partial charge in [0.1, 0.15) is 5.41 Å². The van der Waals surface area contributed by atoms with Crippen molar-refractivity contribution < 1.29 is 4.79 Å². The molecule has 0 aliphatic heterocycles. The van der Waals surface area contributed by atoms with E-state index < -0.39 is 5.41 Å². The number of carbonyl (C=O) groups excluding carboxylic acids is 1. The number of rotatable bonds is 3. The van der Waals surface area contributed by atoms with Crippen LogP contribution in [0.25, 0.3) is 0 Å². The van der Waals surface area contributed by atoms with Crippen molar-refractivity contribution in [1.82, 2.24) is 5.32 Å². The van der Waals surface area contributed by atoms with E-state index in [9.17, 15) is 10.1 Å². The van der Waals surface area contributed by atoms with Crippen LogP contribution >= 0.6 is 15.9 Å². The fraction of sp³-hybridized carbons (Fsp3) is 0.500. The smallest absolute Gasteiger partial charge is 0.240 e. The molecule has 0 spiro atoms. The largest absolute Gasteiger partial charge is 0.348 e. The molecular formula is C16H19BrN2O. The first-order valence-electron chi connectivity index (χ1n) is 7.05. The van der Waals surface area contributed by atoms with Crippen LogP contribution in [-0.4, -0.2) is 5.91 Å². The van der Waals surface area contributed by atoms with Gasteiger partial charge in [-0.25, -0.2) is 0 Å². The zero-order chi connectivity index (χ0) is 14.6. The van der Waals surface area contributed by atoms with E-state index in [4.69, 9.17) is 0 Å². The van der Waals surface area contributed by atoms with Crippen molar-refractivity contribution in [2.75, 3.05) is 0 Å². The number of nitrogens with one attached hydrogen (secondary N) is 1. The molecule has 1 saturated carbocycles. The number of halogens is 1. The number of hydrogen-bond acceptors (Lipinski definition) is 2. The third-order valence-corrected chi connectivity index (χ3v) is 4.60. The summed E-state index contributed by atoms with van der Waals surface area (Å²) in [6.07, 6.45) is 4.42. The predicted octanol–water partition coefficient (Wildman–Crippen LogP) is 4.10. The van der Waals surface area contributed by atoms with Gasteiger partial charge < -0.3 is 5.32 Å². The van der Waals surface area contributed by atoms with Crippen molar-refractivity contribution in [2.45, 2.75) is 45.1 Å². The summed E-state index contributed by atoms with van der Waals surface area (Å²) in [6.45, 7) is 1.95. The molecule has 1 aromatic carbocycles. The normalized spacial score (nSPS) is 18.9. The average Bonchev–Trinajstić information content (AvgIpc) is 2.48. The highest BCUT2D eigenvalue weighted by molar-refractivity contribution is 9.10. The topological polar surface area (TPSA) is 52.9 Å². The van der Waals surface area contributed by atoms with E-state index in [0.29, 0.717) is 12.8 Å². The van der Waals surface area contributed by atoms with Crippen LogP contribution in [0, 0.1) is 16.7 Å². The number of amides is 1. The second kappa shape index (κ2) is 6.41. The van der Waals surface area contributed by atoms with Crippen LogP contribution in [0.4, 0.5) is 0 Å². The molecule has 2 rings (SSSR count). The van der Waals surface area contributed by atoms with Crippen molar-refractivity contribution >= 4 is 21.8 Å². The zero-order valence-corrected chi connectivity index (χ0v) is 13.2. The molecule has 4 heteroatoms. The third-order valence-electron chi connectivity index (χ3n) is 4.07. The van der Waals surface area contributed by atoms with Gasteiger partial charge in [-0.2, -0.15) is 5.26 Å². The first-order chi connectivity index (χ1) is 9.57. The van der Waals surface area contributed by atoms with Gasteiger partial charge in [-0.05, 0) is 37.5 Å². The first kappa shape index (κ1) is 15.1. The van der Waals surface area contributed by atoms with Gasteiger partial charge in [0.25, 0.3) is 0 Å². The highest BCUT2D eigenvalue weighted by Crippen LogP contribution is 2.36. The van der Waals surface area contributed by atoms with Gasteiger partial charge in [0.15, 0.2) is 0 Å². The van der Waals surface area contributed by atoms with Crippen molar-refractivity contribution in [2.24, 2.45) is 5.41 Å². The van der Waals surface area contributed by atoms with Gasteiger partial charge >= 0.3 is 0 Å². The molecule has 1 atom stereocenters. The molecule has 1 aromatic rings. The monoisotopic (exact) mass is 334 g/mol. The molecule has 1 aliphatic carbocycles. The lowest BCUT2D eigenvalue weighted by Gasteiger charge is -2.30. The van der Waals surface area contributed by atoms with Crippen LogP contribution < -0.4 is 5.32 Å². The maximum atomic E-state index is 12.5. The Balaban J connectivity index is 2.06. The van der Waals surface area contributed by atoms with Crippen molar-refractivity contribution in [3.05, 3.63) is 34.3 Å². The Labute approximate surface area is 128 Å². The Morgan fingerprint density at radius 1 is 1.30 bits per heavy atom. The van der Waals surface area contributed by atoms with Crippen LogP contribution in [0.3, 0.4) is 0 Å². The first-order valence-corrected chi connectivity index (χ1v) is 7.84. The number of benzene rings is 1. The van der Waals surface area contributed by atoms with Crippen molar-refractivity contribution in [3.63, 3.8) is 0 Å². The number of nitrogens with zero attached hydrogens (tertiary/aromatic N) is 1. The minimum atomic E-state index is -0.818. The van der Waals surface area contributed by atoms with Gasteiger partial charge in [0.05, 0.1) is 12.1 Å². The molecule has 20 heavy (non-hydrogen) atoms. The molecule has 0 aromatic heterocycles. The fourth-order valence-electron chi connectivity index (χ4n) is 2.71. The van der Waals surface area contributed by atoms with Gasteiger partial charge in [-0.15, -0.1) is 0 Å². The van der Waals surface area contributed by atoms with Crippen LogP contribution in [0.2, 0.25) is 0 Å². The molecule has 1 N–H and O–H groups in total. The molecule has 1 aliphatic rings. The van der Waals surface area contributed by atoms with Gasteiger partial charge in [-0.1, -0.05) is 47.3 Å². The SMILES string of the molecule is C[C@@H](NC(=O)C1(C#N)CCCCC1)c1ccc(Br)cc1. The zero-order valence-electron chi connectivity index (χ0n) is 11.7. The van der Waals surface area contributed by atoms with E-state index >= 15 is 0 Å². The van der Waals surface area contributed by atoms with E-state index in [-0.39, 0.29) is 11.9 Å². The van der Waals surface area contributed by atoms with E-state index in [0.717, 1.165) is 29.3 Å². The highest BCUT2D eigenvalue weighted by Gasteiger charge is 2.40. The Kier molecular flexibility index (Phi) is 4.82.